The van der Waals surface area contributed by atoms with Crippen molar-refractivity contribution >= 4 is 17.2 Å². The highest BCUT2D eigenvalue weighted by molar-refractivity contribution is 5.88. The molecule has 4 N–H and O–H groups in total. The zero-order valence-corrected chi connectivity index (χ0v) is 23.9. The number of alkyl halides is 5. The number of nitrogens with one attached hydrogen (secondary N) is 1. The normalized spacial score (nSPS) is 21.2. The van der Waals surface area contributed by atoms with Gasteiger partial charge in [0.15, 0.2) is 6.23 Å². The summed E-state index contributed by atoms with van der Waals surface area (Å²) < 4.78 is 76.5. The minimum absolute atomic E-state index is 0.0889. The number of piperidine rings is 2. The smallest absolute Gasteiger partial charge is 0.416 e. The van der Waals surface area contributed by atoms with Crippen LogP contribution in [0, 0.1) is 0 Å². The van der Waals surface area contributed by atoms with Gasteiger partial charge in [0.1, 0.15) is 34.4 Å². The number of nitrogens with zero attached hydrogens (tertiary/aromatic N) is 5. The van der Waals surface area contributed by atoms with Crippen molar-refractivity contribution in [3.05, 3.63) is 65.9 Å². The molecule has 2 aliphatic heterocycles. The minimum atomic E-state index is -4.56. The standard InChI is InChI=1S/C30H32F5N7O2/c1-2-44-21-14-17(28(43)39-23-15-19(8-10-37-23)30(33,34)35)4-6-20(21)24-25-26(36)38-11-13-42(25)27(40-24)18-5-7-22-29(31,32)9-3-12-41(22)16-18/h4,6,8,10-11,13-15,18,22,28,43H,2-3,5,7,9,12,16H2,1H3,(H2,36,38)(H,37,39)/t18-,22+,28?/m0/s1. The molecule has 1 aromatic carbocycles. The summed E-state index contributed by atoms with van der Waals surface area (Å²) in [6.45, 7) is 3.12. The number of aliphatic hydroxyl groups is 1. The van der Waals surface area contributed by atoms with E-state index in [4.69, 9.17) is 15.5 Å². The van der Waals surface area contributed by atoms with E-state index in [1.165, 1.54) is 0 Å². The van der Waals surface area contributed by atoms with E-state index in [1.54, 1.807) is 37.5 Å². The Morgan fingerprint density at radius 2 is 1.98 bits per heavy atom. The number of nitrogen functional groups attached to an aromatic ring is 1. The molecule has 3 aromatic heterocycles. The SMILES string of the molecule is CCOc1cc(C(O)Nc2cc(C(F)(F)F)ccn2)ccc1-c1nc([C@H]2CC[C@H]3N(CCCC3(F)F)C2)n2ccnc(N)c12. The molecular formula is C30H32F5N7O2. The number of aromatic nitrogens is 4. The summed E-state index contributed by atoms with van der Waals surface area (Å²) in [7, 11) is 0. The van der Waals surface area contributed by atoms with Crippen molar-refractivity contribution in [2.75, 3.05) is 30.7 Å². The minimum Gasteiger partial charge on any atom is -0.493 e. The monoisotopic (exact) mass is 617 g/mol. The third-order valence-corrected chi connectivity index (χ3v) is 8.35. The molecular weight excluding hydrogens is 585 g/mol. The molecule has 6 rings (SSSR count). The van der Waals surface area contributed by atoms with Gasteiger partial charge in [-0.25, -0.2) is 23.7 Å². The molecule has 2 saturated heterocycles. The Hall–Kier alpha value is -4.04. The van der Waals surface area contributed by atoms with Gasteiger partial charge in [0.25, 0.3) is 5.92 Å². The molecule has 0 spiro atoms. The molecule has 0 amide bonds. The molecule has 9 nitrogen and oxygen atoms in total. The summed E-state index contributed by atoms with van der Waals surface area (Å²) in [6.07, 6.45) is -0.399. The van der Waals surface area contributed by atoms with Gasteiger partial charge in [0, 0.05) is 48.6 Å². The summed E-state index contributed by atoms with van der Waals surface area (Å²) in [5.41, 5.74) is 7.34. The van der Waals surface area contributed by atoms with Crippen LogP contribution in [0.5, 0.6) is 5.75 Å². The molecule has 4 aromatic rings. The maximum absolute atomic E-state index is 14.6. The second kappa shape index (κ2) is 11.5. The third kappa shape index (κ3) is 5.63. The van der Waals surface area contributed by atoms with Gasteiger partial charge >= 0.3 is 6.18 Å². The summed E-state index contributed by atoms with van der Waals surface area (Å²) >= 11 is 0. The number of fused-ring (bicyclic) bond motifs is 2. The molecule has 234 valence electrons. The first-order chi connectivity index (χ1) is 21.0. The Labute approximate surface area is 249 Å². The summed E-state index contributed by atoms with van der Waals surface area (Å²) in [5.74, 6) is -1.72. The molecule has 2 fully saturated rings. The van der Waals surface area contributed by atoms with Crippen molar-refractivity contribution < 1.29 is 31.8 Å². The number of hydrogen-bond donors (Lipinski definition) is 3. The van der Waals surface area contributed by atoms with Gasteiger partial charge in [-0.15, -0.1) is 0 Å². The third-order valence-electron chi connectivity index (χ3n) is 8.35. The number of imidazole rings is 1. The van der Waals surface area contributed by atoms with Crippen LogP contribution in [0.3, 0.4) is 0 Å². The lowest BCUT2D eigenvalue weighted by molar-refractivity contribution is -0.137. The highest BCUT2D eigenvalue weighted by atomic mass is 19.4. The van der Waals surface area contributed by atoms with E-state index in [-0.39, 0.29) is 30.6 Å². The van der Waals surface area contributed by atoms with Crippen molar-refractivity contribution in [1.82, 2.24) is 24.3 Å². The van der Waals surface area contributed by atoms with Crippen LogP contribution in [0.15, 0.2) is 48.9 Å². The van der Waals surface area contributed by atoms with Crippen LogP contribution >= 0.6 is 0 Å². The zero-order valence-electron chi connectivity index (χ0n) is 23.9. The van der Waals surface area contributed by atoms with Crippen molar-refractivity contribution in [1.29, 1.82) is 0 Å². The number of hydrogen-bond acceptors (Lipinski definition) is 8. The van der Waals surface area contributed by atoms with Crippen LogP contribution in [-0.4, -0.2) is 61.0 Å². The van der Waals surface area contributed by atoms with Gasteiger partial charge < -0.3 is 20.9 Å². The second-order valence-corrected chi connectivity index (χ2v) is 11.2. The van der Waals surface area contributed by atoms with Crippen molar-refractivity contribution in [3.8, 4) is 17.0 Å². The fourth-order valence-electron chi connectivity index (χ4n) is 6.32. The number of nitrogens with two attached hydrogens (primary N) is 1. The van der Waals surface area contributed by atoms with Gasteiger partial charge in [-0.05, 0) is 57.0 Å². The molecule has 2 aliphatic rings. The molecule has 5 heterocycles. The Kier molecular flexibility index (Phi) is 7.82. The van der Waals surface area contributed by atoms with Crippen molar-refractivity contribution in [3.63, 3.8) is 0 Å². The number of halogens is 5. The highest BCUT2D eigenvalue weighted by Gasteiger charge is 2.48. The largest absolute Gasteiger partial charge is 0.493 e. The molecule has 0 bridgehead atoms. The first kappa shape index (κ1) is 30.0. The first-order valence-corrected chi connectivity index (χ1v) is 14.5. The number of aliphatic hydroxyl groups excluding tert-OH is 1. The number of ether oxygens (including phenoxy) is 1. The summed E-state index contributed by atoms with van der Waals surface area (Å²) in [5, 5.41) is 13.4. The number of pyridine rings is 1. The average molecular weight is 618 g/mol. The molecule has 3 atom stereocenters. The molecule has 0 aliphatic carbocycles. The topological polar surface area (TPSA) is 114 Å². The zero-order chi connectivity index (χ0) is 31.2. The first-order valence-electron chi connectivity index (χ1n) is 14.5. The van der Waals surface area contributed by atoms with E-state index in [0.717, 1.165) is 18.3 Å². The molecule has 1 unspecified atom stereocenters. The van der Waals surface area contributed by atoms with Crippen LogP contribution < -0.4 is 15.8 Å². The predicted molar refractivity (Wildman–Crippen MR) is 153 cm³/mol. The van der Waals surface area contributed by atoms with Crippen molar-refractivity contribution in [2.45, 2.75) is 62.9 Å². The van der Waals surface area contributed by atoms with E-state index in [0.29, 0.717) is 66.3 Å². The molecule has 14 heteroatoms. The summed E-state index contributed by atoms with van der Waals surface area (Å²) in [6, 6.07) is 5.74. The maximum atomic E-state index is 14.6. The number of rotatable bonds is 7. The highest BCUT2D eigenvalue weighted by Crippen LogP contribution is 2.43. The lowest BCUT2D eigenvalue weighted by Gasteiger charge is -2.46. The van der Waals surface area contributed by atoms with E-state index >= 15 is 0 Å². The molecule has 0 radical (unpaired) electrons. The van der Waals surface area contributed by atoms with Crippen LogP contribution in [0.4, 0.5) is 33.6 Å². The van der Waals surface area contributed by atoms with E-state index in [1.807, 2.05) is 9.30 Å². The lowest BCUT2D eigenvalue weighted by Crippen LogP contribution is -2.55. The van der Waals surface area contributed by atoms with Crippen LogP contribution in [0.2, 0.25) is 0 Å². The van der Waals surface area contributed by atoms with E-state index < -0.39 is 29.9 Å². The van der Waals surface area contributed by atoms with Crippen LogP contribution in [0.25, 0.3) is 16.8 Å². The fraction of sp³-hybridized carbons (Fsp3) is 0.433. The fourth-order valence-corrected chi connectivity index (χ4v) is 6.32. The average Bonchev–Trinajstić information content (AvgIpc) is 3.37. The van der Waals surface area contributed by atoms with Crippen LogP contribution in [-0.2, 0) is 6.18 Å². The second-order valence-electron chi connectivity index (χ2n) is 11.2. The van der Waals surface area contributed by atoms with Crippen LogP contribution in [0.1, 0.15) is 61.7 Å². The summed E-state index contributed by atoms with van der Waals surface area (Å²) in [4.78, 5) is 15.0. The van der Waals surface area contributed by atoms with Gasteiger partial charge in [0.05, 0.1) is 18.2 Å². The molecule has 0 saturated carbocycles. The van der Waals surface area contributed by atoms with Gasteiger partial charge in [0.2, 0.25) is 0 Å². The Bertz CT molecular complexity index is 1660. The van der Waals surface area contributed by atoms with E-state index in [9.17, 15) is 27.1 Å². The molecule has 44 heavy (non-hydrogen) atoms. The maximum Gasteiger partial charge on any atom is 0.416 e. The predicted octanol–water partition coefficient (Wildman–Crippen LogP) is 5.87. The number of benzene rings is 1. The Morgan fingerprint density at radius 1 is 1.16 bits per heavy atom. The van der Waals surface area contributed by atoms with E-state index in [2.05, 4.69) is 15.3 Å². The quantitative estimate of drug-likeness (QED) is 0.174. The lowest BCUT2D eigenvalue weighted by atomic mass is 9.85. The van der Waals surface area contributed by atoms with Gasteiger partial charge in [-0.3, -0.25) is 9.30 Å². The Morgan fingerprint density at radius 3 is 2.75 bits per heavy atom. The van der Waals surface area contributed by atoms with Gasteiger partial charge in [-0.2, -0.15) is 13.2 Å². The van der Waals surface area contributed by atoms with Crippen molar-refractivity contribution in [2.24, 2.45) is 0 Å². The van der Waals surface area contributed by atoms with Gasteiger partial charge in [-0.1, -0.05) is 6.07 Å². The Balaban J connectivity index is 1.34. The number of anilines is 2.